The summed E-state index contributed by atoms with van der Waals surface area (Å²) in [6.45, 7) is 0.296. The second-order valence-electron chi connectivity index (χ2n) is 8.01. The minimum Gasteiger partial charge on any atom is -0.497 e. The van der Waals surface area contributed by atoms with Crippen LogP contribution in [0.1, 0.15) is 16.2 Å². The molecule has 186 valence electrons. The molecule has 0 spiro atoms. The van der Waals surface area contributed by atoms with Crippen LogP contribution in [0, 0.1) is 0 Å². The van der Waals surface area contributed by atoms with Crippen molar-refractivity contribution in [1.29, 1.82) is 0 Å². The summed E-state index contributed by atoms with van der Waals surface area (Å²) in [6.07, 6.45) is 0.545. The molecule has 4 rings (SSSR count). The molecule has 0 saturated carbocycles. The summed E-state index contributed by atoms with van der Waals surface area (Å²) in [5.74, 6) is 2.16. The Morgan fingerprint density at radius 2 is 1.69 bits per heavy atom. The molecular formula is C27H28N4O5. The molecular weight excluding hydrogens is 460 g/mol. The van der Waals surface area contributed by atoms with Gasteiger partial charge in [-0.15, -0.1) is 0 Å². The van der Waals surface area contributed by atoms with Crippen molar-refractivity contribution in [1.82, 2.24) is 14.9 Å². The van der Waals surface area contributed by atoms with Crippen LogP contribution in [-0.4, -0.2) is 48.7 Å². The minimum absolute atomic E-state index is 0.121. The predicted octanol–water partition coefficient (Wildman–Crippen LogP) is 3.58. The number of carbonyl (C=O) groups is 2. The molecule has 4 aromatic rings. The van der Waals surface area contributed by atoms with Gasteiger partial charge >= 0.3 is 0 Å². The van der Waals surface area contributed by atoms with E-state index in [1.165, 1.54) is 7.11 Å². The molecule has 2 amide bonds. The molecule has 0 saturated heterocycles. The number of aryl methyl sites for hydroxylation is 1. The number of methoxy groups -OCH3 is 2. The molecule has 1 aromatic heterocycles. The van der Waals surface area contributed by atoms with E-state index in [9.17, 15) is 9.59 Å². The number of fused-ring (bicyclic) bond motifs is 1. The van der Waals surface area contributed by atoms with E-state index in [0.717, 1.165) is 16.9 Å². The second-order valence-corrected chi connectivity index (χ2v) is 8.01. The van der Waals surface area contributed by atoms with Crippen LogP contribution in [0.5, 0.6) is 17.2 Å². The van der Waals surface area contributed by atoms with Gasteiger partial charge < -0.3 is 29.4 Å². The van der Waals surface area contributed by atoms with Crippen molar-refractivity contribution >= 4 is 28.5 Å². The molecule has 9 heteroatoms. The fraction of sp³-hybridized carbons (Fsp3) is 0.222. The van der Waals surface area contributed by atoms with Crippen LogP contribution in [0.2, 0.25) is 0 Å². The van der Waals surface area contributed by atoms with E-state index in [2.05, 4.69) is 15.6 Å². The highest BCUT2D eigenvalue weighted by molar-refractivity contribution is 5.97. The SMILES string of the molecule is COc1ccc(OCC(=O)Nc2ccc3c(c2)nc(CCNC(=O)c2ccccc2OC)n3C)cc1. The molecule has 3 aromatic carbocycles. The lowest BCUT2D eigenvalue weighted by molar-refractivity contribution is -0.118. The number of carbonyl (C=O) groups excluding carboxylic acids is 2. The van der Waals surface area contributed by atoms with Gasteiger partial charge in [0.05, 0.1) is 30.8 Å². The Balaban J connectivity index is 1.34. The zero-order chi connectivity index (χ0) is 25.5. The number of anilines is 1. The Bertz CT molecular complexity index is 1360. The van der Waals surface area contributed by atoms with Gasteiger partial charge in [0.15, 0.2) is 6.61 Å². The number of amides is 2. The number of nitrogens with zero attached hydrogens (tertiary/aromatic N) is 2. The van der Waals surface area contributed by atoms with E-state index < -0.39 is 0 Å². The third-order valence-corrected chi connectivity index (χ3v) is 5.67. The molecule has 0 aliphatic rings. The van der Waals surface area contributed by atoms with Crippen molar-refractivity contribution in [2.75, 3.05) is 32.7 Å². The number of ether oxygens (including phenoxy) is 3. The van der Waals surface area contributed by atoms with Gasteiger partial charge in [0.25, 0.3) is 11.8 Å². The van der Waals surface area contributed by atoms with E-state index >= 15 is 0 Å². The number of benzene rings is 3. The lowest BCUT2D eigenvalue weighted by Gasteiger charge is -2.09. The van der Waals surface area contributed by atoms with E-state index in [0.29, 0.717) is 41.5 Å². The maximum atomic E-state index is 12.5. The van der Waals surface area contributed by atoms with Gasteiger partial charge in [-0.2, -0.15) is 0 Å². The first kappa shape index (κ1) is 24.6. The molecule has 0 atom stereocenters. The zero-order valence-corrected chi connectivity index (χ0v) is 20.4. The molecule has 36 heavy (non-hydrogen) atoms. The van der Waals surface area contributed by atoms with Crippen LogP contribution in [0.15, 0.2) is 66.7 Å². The molecule has 0 aliphatic heterocycles. The Morgan fingerprint density at radius 3 is 2.44 bits per heavy atom. The maximum absolute atomic E-state index is 12.5. The van der Waals surface area contributed by atoms with Gasteiger partial charge in [-0.25, -0.2) is 4.98 Å². The number of imidazole rings is 1. The highest BCUT2D eigenvalue weighted by atomic mass is 16.5. The fourth-order valence-electron chi connectivity index (χ4n) is 3.78. The fourth-order valence-corrected chi connectivity index (χ4v) is 3.78. The van der Waals surface area contributed by atoms with Crippen LogP contribution in [0.4, 0.5) is 5.69 Å². The van der Waals surface area contributed by atoms with Gasteiger partial charge in [-0.05, 0) is 54.6 Å². The molecule has 0 bridgehead atoms. The number of nitrogens with one attached hydrogen (secondary N) is 2. The lowest BCUT2D eigenvalue weighted by atomic mass is 10.2. The van der Waals surface area contributed by atoms with Gasteiger partial charge in [0, 0.05) is 25.7 Å². The van der Waals surface area contributed by atoms with Crippen LogP contribution >= 0.6 is 0 Å². The molecule has 0 fully saturated rings. The van der Waals surface area contributed by atoms with E-state index in [1.807, 2.05) is 35.9 Å². The van der Waals surface area contributed by atoms with Gasteiger partial charge in [0.1, 0.15) is 23.1 Å². The van der Waals surface area contributed by atoms with Gasteiger partial charge in [0.2, 0.25) is 0 Å². The van der Waals surface area contributed by atoms with E-state index in [1.54, 1.807) is 49.6 Å². The summed E-state index contributed by atoms with van der Waals surface area (Å²) < 4.78 is 17.9. The largest absolute Gasteiger partial charge is 0.497 e. The summed E-state index contributed by atoms with van der Waals surface area (Å²) in [6, 6.07) is 19.7. The minimum atomic E-state index is -0.277. The Kier molecular flexibility index (Phi) is 7.69. The highest BCUT2D eigenvalue weighted by Gasteiger charge is 2.13. The number of hydrogen-bond acceptors (Lipinski definition) is 6. The third kappa shape index (κ3) is 5.75. The molecule has 1 heterocycles. The summed E-state index contributed by atoms with van der Waals surface area (Å²) in [7, 11) is 5.05. The number of hydrogen-bond donors (Lipinski definition) is 2. The van der Waals surface area contributed by atoms with Crippen LogP contribution < -0.4 is 24.8 Å². The van der Waals surface area contributed by atoms with Crippen LogP contribution in [0.25, 0.3) is 11.0 Å². The van der Waals surface area contributed by atoms with E-state index in [-0.39, 0.29) is 18.4 Å². The molecule has 0 unspecified atom stereocenters. The van der Waals surface area contributed by atoms with Crippen LogP contribution in [0.3, 0.4) is 0 Å². The second kappa shape index (κ2) is 11.3. The van der Waals surface area contributed by atoms with Crippen molar-refractivity contribution in [2.24, 2.45) is 7.05 Å². The highest BCUT2D eigenvalue weighted by Crippen LogP contribution is 2.21. The van der Waals surface area contributed by atoms with E-state index in [4.69, 9.17) is 14.2 Å². The van der Waals surface area contributed by atoms with Crippen molar-refractivity contribution < 1.29 is 23.8 Å². The normalized spacial score (nSPS) is 10.6. The van der Waals surface area contributed by atoms with Crippen LogP contribution in [-0.2, 0) is 18.3 Å². The Hall–Kier alpha value is -4.53. The zero-order valence-electron chi connectivity index (χ0n) is 20.4. The standard InChI is InChI=1S/C27H28N4O5/c1-31-23-13-8-18(29-26(32)17-36-20-11-9-19(34-2)10-12-20)16-22(23)30-25(31)14-15-28-27(33)21-6-4-5-7-24(21)35-3/h4-13,16H,14-15,17H2,1-3H3,(H,28,33)(H,29,32). The molecule has 0 radical (unpaired) electrons. The number of aromatic nitrogens is 2. The van der Waals surface area contributed by atoms with Crippen molar-refractivity contribution in [3.63, 3.8) is 0 Å². The van der Waals surface area contributed by atoms with Gasteiger partial charge in [-0.3, -0.25) is 9.59 Å². The quantitative estimate of drug-likeness (QED) is 0.354. The molecule has 9 nitrogen and oxygen atoms in total. The smallest absolute Gasteiger partial charge is 0.262 e. The van der Waals surface area contributed by atoms with Gasteiger partial charge in [-0.1, -0.05) is 12.1 Å². The molecule has 2 N–H and O–H groups in total. The third-order valence-electron chi connectivity index (χ3n) is 5.67. The Labute approximate surface area is 209 Å². The average molecular weight is 489 g/mol. The Morgan fingerprint density at radius 1 is 0.944 bits per heavy atom. The summed E-state index contributed by atoms with van der Waals surface area (Å²) in [5, 5.41) is 5.75. The summed E-state index contributed by atoms with van der Waals surface area (Å²) in [4.78, 5) is 29.6. The van der Waals surface area contributed by atoms with Crippen molar-refractivity contribution in [3.8, 4) is 17.2 Å². The van der Waals surface area contributed by atoms with Crippen molar-refractivity contribution in [3.05, 3.63) is 78.1 Å². The first-order valence-electron chi connectivity index (χ1n) is 11.4. The summed E-state index contributed by atoms with van der Waals surface area (Å²) >= 11 is 0. The number of rotatable bonds is 10. The molecule has 0 aliphatic carbocycles. The first-order chi connectivity index (χ1) is 17.5. The number of para-hydroxylation sites is 1. The topological polar surface area (TPSA) is 104 Å². The lowest BCUT2D eigenvalue weighted by Crippen LogP contribution is -2.26. The predicted molar refractivity (Wildman–Crippen MR) is 137 cm³/mol. The monoisotopic (exact) mass is 488 g/mol. The maximum Gasteiger partial charge on any atom is 0.262 e. The average Bonchev–Trinajstić information content (AvgIpc) is 3.22. The van der Waals surface area contributed by atoms with Crippen molar-refractivity contribution in [2.45, 2.75) is 6.42 Å². The first-order valence-corrected chi connectivity index (χ1v) is 11.4. The summed E-state index contributed by atoms with van der Waals surface area (Å²) in [5.41, 5.74) is 2.78.